The SMILES string of the molecule is CN(CCC1CC1)CC1(O)CCOCC1. The highest BCUT2D eigenvalue weighted by molar-refractivity contribution is 4.84. The van der Waals surface area contributed by atoms with Gasteiger partial charge >= 0.3 is 0 Å². The van der Waals surface area contributed by atoms with Crippen LogP contribution in [0.2, 0.25) is 0 Å². The Hall–Kier alpha value is -0.120. The van der Waals surface area contributed by atoms with Crippen LogP contribution in [0.1, 0.15) is 32.1 Å². The van der Waals surface area contributed by atoms with Gasteiger partial charge < -0.3 is 14.7 Å². The maximum Gasteiger partial charge on any atom is 0.0817 e. The van der Waals surface area contributed by atoms with Gasteiger partial charge in [-0.05, 0) is 25.9 Å². The number of likely N-dealkylation sites (N-methyl/N-ethyl adjacent to an activating group) is 1. The monoisotopic (exact) mass is 213 g/mol. The Balaban J connectivity index is 1.68. The zero-order valence-electron chi connectivity index (χ0n) is 9.74. The van der Waals surface area contributed by atoms with Crippen molar-refractivity contribution in [3.63, 3.8) is 0 Å². The summed E-state index contributed by atoms with van der Waals surface area (Å²) in [4.78, 5) is 2.28. The van der Waals surface area contributed by atoms with Crippen LogP contribution >= 0.6 is 0 Å². The predicted octanol–water partition coefficient (Wildman–Crippen LogP) is 1.26. The Labute approximate surface area is 92.4 Å². The van der Waals surface area contributed by atoms with Gasteiger partial charge in [-0.2, -0.15) is 0 Å². The first-order valence-corrected chi connectivity index (χ1v) is 6.17. The molecule has 3 heteroatoms. The molecule has 0 unspecified atom stereocenters. The van der Waals surface area contributed by atoms with Crippen molar-refractivity contribution >= 4 is 0 Å². The second-order valence-electron chi connectivity index (χ2n) is 5.31. The topological polar surface area (TPSA) is 32.7 Å². The first-order chi connectivity index (χ1) is 7.18. The van der Waals surface area contributed by atoms with E-state index in [0.717, 1.165) is 31.8 Å². The summed E-state index contributed by atoms with van der Waals surface area (Å²) < 4.78 is 5.28. The average Bonchev–Trinajstić information content (AvgIpc) is 2.98. The quantitative estimate of drug-likeness (QED) is 0.746. The van der Waals surface area contributed by atoms with E-state index in [-0.39, 0.29) is 0 Å². The van der Waals surface area contributed by atoms with Gasteiger partial charge in [-0.15, -0.1) is 0 Å². The standard InChI is InChI=1S/C12H23NO2/c1-13(7-4-11-2-3-11)10-12(14)5-8-15-9-6-12/h11,14H,2-10H2,1H3. The maximum absolute atomic E-state index is 10.3. The van der Waals surface area contributed by atoms with Crippen LogP contribution in [-0.4, -0.2) is 49.0 Å². The van der Waals surface area contributed by atoms with Crippen LogP contribution in [0.5, 0.6) is 0 Å². The molecule has 1 aliphatic carbocycles. The van der Waals surface area contributed by atoms with Gasteiger partial charge in [-0.25, -0.2) is 0 Å². The van der Waals surface area contributed by atoms with E-state index in [2.05, 4.69) is 11.9 Å². The molecule has 3 nitrogen and oxygen atoms in total. The molecular weight excluding hydrogens is 190 g/mol. The lowest BCUT2D eigenvalue weighted by Gasteiger charge is -2.35. The third-order valence-corrected chi connectivity index (χ3v) is 3.60. The number of aliphatic hydroxyl groups is 1. The average molecular weight is 213 g/mol. The summed E-state index contributed by atoms with van der Waals surface area (Å²) in [5.41, 5.74) is -0.490. The second kappa shape index (κ2) is 4.81. The van der Waals surface area contributed by atoms with Crippen LogP contribution in [0.4, 0.5) is 0 Å². The molecule has 0 aromatic rings. The molecule has 2 fully saturated rings. The van der Waals surface area contributed by atoms with E-state index in [0.29, 0.717) is 13.2 Å². The summed E-state index contributed by atoms with van der Waals surface area (Å²) in [5.74, 6) is 0.983. The lowest BCUT2D eigenvalue weighted by molar-refractivity contribution is -0.0769. The zero-order valence-corrected chi connectivity index (χ0v) is 9.74. The molecule has 0 aromatic heterocycles. The molecule has 0 radical (unpaired) electrons. The molecule has 1 heterocycles. The molecule has 1 N–H and O–H groups in total. The number of nitrogens with zero attached hydrogens (tertiary/aromatic N) is 1. The highest BCUT2D eigenvalue weighted by Gasteiger charge is 2.31. The molecule has 1 saturated carbocycles. The Bertz CT molecular complexity index is 198. The van der Waals surface area contributed by atoms with Crippen molar-refractivity contribution in [3.8, 4) is 0 Å². The Morgan fingerprint density at radius 2 is 2.00 bits per heavy atom. The molecule has 1 saturated heterocycles. The Kier molecular flexibility index (Phi) is 3.65. The van der Waals surface area contributed by atoms with Crippen LogP contribution in [-0.2, 0) is 4.74 Å². The number of hydrogen-bond donors (Lipinski definition) is 1. The summed E-state index contributed by atoms with van der Waals surface area (Å²) in [6.07, 6.45) is 5.74. The summed E-state index contributed by atoms with van der Waals surface area (Å²) >= 11 is 0. The first-order valence-electron chi connectivity index (χ1n) is 6.17. The summed E-state index contributed by atoms with van der Waals surface area (Å²) in [7, 11) is 2.12. The van der Waals surface area contributed by atoms with E-state index in [4.69, 9.17) is 4.74 Å². The smallest absolute Gasteiger partial charge is 0.0817 e. The van der Waals surface area contributed by atoms with Crippen molar-refractivity contribution in [1.82, 2.24) is 4.90 Å². The van der Waals surface area contributed by atoms with E-state index < -0.39 is 5.60 Å². The number of hydrogen-bond acceptors (Lipinski definition) is 3. The van der Waals surface area contributed by atoms with Gasteiger partial charge in [0.05, 0.1) is 5.60 Å². The van der Waals surface area contributed by atoms with Gasteiger partial charge in [0.2, 0.25) is 0 Å². The van der Waals surface area contributed by atoms with E-state index in [1.54, 1.807) is 0 Å². The fraction of sp³-hybridized carbons (Fsp3) is 1.00. The Morgan fingerprint density at radius 3 is 2.60 bits per heavy atom. The van der Waals surface area contributed by atoms with Crippen LogP contribution in [0, 0.1) is 5.92 Å². The minimum absolute atomic E-state index is 0.490. The fourth-order valence-corrected chi connectivity index (χ4v) is 2.30. The van der Waals surface area contributed by atoms with Gasteiger partial charge in [-0.3, -0.25) is 0 Å². The summed E-state index contributed by atoms with van der Waals surface area (Å²) in [5, 5.41) is 10.3. The molecule has 88 valence electrons. The molecule has 2 rings (SSSR count). The largest absolute Gasteiger partial charge is 0.388 e. The molecule has 15 heavy (non-hydrogen) atoms. The van der Waals surface area contributed by atoms with Gasteiger partial charge in [0.15, 0.2) is 0 Å². The molecule has 0 atom stereocenters. The summed E-state index contributed by atoms with van der Waals surface area (Å²) in [6, 6.07) is 0. The van der Waals surface area contributed by atoms with Crippen LogP contribution in [0.25, 0.3) is 0 Å². The molecule has 0 bridgehead atoms. The van der Waals surface area contributed by atoms with Gasteiger partial charge in [0.25, 0.3) is 0 Å². The molecule has 0 spiro atoms. The van der Waals surface area contributed by atoms with Crippen LogP contribution in [0.3, 0.4) is 0 Å². The number of ether oxygens (including phenoxy) is 1. The third-order valence-electron chi connectivity index (χ3n) is 3.60. The van der Waals surface area contributed by atoms with Crippen LogP contribution in [0.15, 0.2) is 0 Å². The van der Waals surface area contributed by atoms with E-state index in [9.17, 15) is 5.11 Å². The summed E-state index contributed by atoms with van der Waals surface area (Å²) in [6.45, 7) is 3.37. The van der Waals surface area contributed by atoms with E-state index in [1.165, 1.54) is 19.3 Å². The molecule has 2 aliphatic rings. The molecule has 0 aromatic carbocycles. The minimum atomic E-state index is -0.490. The highest BCUT2D eigenvalue weighted by Crippen LogP contribution is 2.32. The van der Waals surface area contributed by atoms with E-state index in [1.807, 2.05) is 0 Å². The van der Waals surface area contributed by atoms with E-state index >= 15 is 0 Å². The van der Waals surface area contributed by atoms with Crippen molar-refractivity contribution in [3.05, 3.63) is 0 Å². The molecule has 1 aliphatic heterocycles. The molecule has 0 amide bonds. The number of rotatable bonds is 5. The zero-order chi connectivity index (χ0) is 10.7. The highest BCUT2D eigenvalue weighted by atomic mass is 16.5. The second-order valence-corrected chi connectivity index (χ2v) is 5.31. The Morgan fingerprint density at radius 1 is 1.33 bits per heavy atom. The normalized spacial score (nSPS) is 25.8. The lowest BCUT2D eigenvalue weighted by atomic mass is 9.94. The fourth-order valence-electron chi connectivity index (χ4n) is 2.30. The van der Waals surface area contributed by atoms with Crippen molar-refractivity contribution < 1.29 is 9.84 Å². The van der Waals surface area contributed by atoms with Crippen molar-refractivity contribution in [2.75, 3.05) is 33.4 Å². The first kappa shape index (κ1) is 11.4. The van der Waals surface area contributed by atoms with Crippen molar-refractivity contribution in [1.29, 1.82) is 0 Å². The van der Waals surface area contributed by atoms with Crippen molar-refractivity contribution in [2.45, 2.75) is 37.7 Å². The predicted molar refractivity (Wildman–Crippen MR) is 59.8 cm³/mol. The minimum Gasteiger partial charge on any atom is -0.388 e. The third kappa shape index (κ3) is 3.74. The van der Waals surface area contributed by atoms with Gasteiger partial charge in [0, 0.05) is 32.6 Å². The van der Waals surface area contributed by atoms with Crippen molar-refractivity contribution in [2.24, 2.45) is 5.92 Å². The molecular formula is C12H23NO2. The van der Waals surface area contributed by atoms with Crippen LogP contribution < -0.4 is 0 Å². The maximum atomic E-state index is 10.3. The van der Waals surface area contributed by atoms with Gasteiger partial charge in [-0.1, -0.05) is 12.8 Å². The van der Waals surface area contributed by atoms with Gasteiger partial charge in [0.1, 0.15) is 0 Å². The lowest BCUT2D eigenvalue weighted by Crippen LogP contribution is -2.45.